The van der Waals surface area contributed by atoms with Gasteiger partial charge in [-0.15, -0.1) is 11.3 Å². The molecule has 1 atom stereocenters. The van der Waals surface area contributed by atoms with Crippen molar-refractivity contribution >= 4 is 38.6 Å². The number of hydrogen-bond acceptors (Lipinski definition) is 11. The van der Waals surface area contributed by atoms with Crippen LogP contribution in [-0.4, -0.2) is 69.1 Å². The number of furan rings is 1. The predicted molar refractivity (Wildman–Crippen MR) is 166 cm³/mol. The summed E-state index contributed by atoms with van der Waals surface area (Å²) in [5, 5.41) is 16.9. The van der Waals surface area contributed by atoms with E-state index >= 15 is 0 Å². The van der Waals surface area contributed by atoms with Crippen molar-refractivity contribution in [3.8, 4) is 33.5 Å². The first kappa shape index (κ1) is 28.0. The number of aliphatic hydroxyl groups is 1. The molecule has 6 aromatic rings. The summed E-state index contributed by atoms with van der Waals surface area (Å²) in [6.45, 7) is 7.31. The molecule has 5 heterocycles. The van der Waals surface area contributed by atoms with Crippen molar-refractivity contribution in [2.45, 2.75) is 33.0 Å². The first-order chi connectivity index (χ1) is 21.0. The van der Waals surface area contributed by atoms with Gasteiger partial charge in [-0.25, -0.2) is 14.5 Å². The SMILES string of the molecule is COc1cc(OCc2nc(-c3ccc(CN4CCOC[C@@H]4CO)cc3)sc2C)c2cc(-c3cn4nc(C)sc4n3)oc2c1. The average Bonchev–Trinajstić information content (AvgIpc) is 3.79. The van der Waals surface area contributed by atoms with Crippen LogP contribution in [0, 0.1) is 13.8 Å². The Hall–Kier alpha value is -3.81. The summed E-state index contributed by atoms with van der Waals surface area (Å²) < 4.78 is 25.3. The first-order valence-corrected chi connectivity index (χ1v) is 15.7. The van der Waals surface area contributed by atoms with E-state index in [0.717, 1.165) is 49.6 Å². The molecule has 4 aromatic heterocycles. The largest absolute Gasteiger partial charge is 0.496 e. The average molecular weight is 618 g/mol. The minimum absolute atomic E-state index is 0.0432. The van der Waals surface area contributed by atoms with Crippen LogP contribution >= 0.6 is 22.7 Å². The Bertz CT molecular complexity index is 1860. The monoisotopic (exact) mass is 617 g/mol. The van der Waals surface area contributed by atoms with Crippen molar-refractivity contribution in [3.05, 3.63) is 69.8 Å². The Kier molecular flexibility index (Phi) is 7.62. The van der Waals surface area contributed by atoms with E-state index in [1.54, 1.807) is 23.0 Å². The summed E-state index contributed by atoms with van der Waals surface area (Å²) >= 11 is 3.19. The zero-order chi connectivity index (χ0) is 29.5. The summed E-state index contributed by atoms with van der Waals surface area (Å²) in [4.78, 5) is 13.8. The molecule has 1 fully saturated rings. The molecule has 0 aliphatic carbocycles. The van der Waals surface area contributed by atoms with E-state index in [2.05, 4.69) is 46.2 Å². The molecule has 10 nitrogen and oxygen atoms in total. The van der Waals surface area contributed by atoms with E-state index in [-0.39, 0.29) is 12.6 Å². The second kappa shape index (κ2) is 11.7. The quantitative estimate of drug-likeness (QED) is 0.218. The van der Waals surface area contributed by atoms with Crippen LogP contribution in [0.15, 0.2) is 53.1 Å². The van der Waals surface area contributed by atoms with Crippen molar-refractivity contribution in [2.75, 3.05) is 33.5 Å². The van der Waals surface area contributed by atoms with Gasteiger partial charge >= 0.3 is 0 Å². The zero-order valence-electron chi connectivity index (χ0n) is 24.1. The van der Waals surface area contributed by atoms with Crippen LogP contribution in [-0.2, 0) is 17.9 Å². The molecule has 1 aliphatic rings. The second-order valence-electron chi connectivity index (χ2n) is 10.5. The fourth-order valence-electron chi connectivity index (χ4n) is 5.25. The van der Waals surface area contributed by atoms with Crippen molar-refractivity contribution in [2.24, 2.45) is 0 Å². The molecule has 222 valence electrons. The minimum Gasteiger partial charge on any atom is -0.496 e. The number of aromatic nitrogens is 4. The van der Waals surface area contributed by atoms with E-state index in [9.17, 15) is 5.11 Å². The number of rotatable bonds is 9. The van der Waals surface area contributed by atoms with Gasteiger partial charge in [0.2, 0.25) is 4.96 Å². The van der Waals surface area contributed by atoms with Gasteiger partial charge in [0.15, 0.2) is 5.76 Å². The molecular weight excluding hydrogens is 587 g/mol. The van der Waals surface area contributed by atoms with E-state index < -0.39 is 0 Å². The number of aryl methyl sites for hydroxylation is 2. The van der Waals surface area contributed by atoms with Gasteiger partial charge in [0.1, 0.15) is 39.4 Å². The Balaban J connectivity index is 1.09. The third-order valence-corrected chi connectivity index (χ3v) is 9.51. The van der Waals surface area contributed by atoms with Gasteiger partial charge in [-0.3, -0.25) is 4.90 Å². The van der Waals surface area contributed by atoms with Crippen molar-refractivity contribution in [1.82, 2.24) is 24.5 Å². The molecule has 1 N–H and O–H groups in total. The molecule has 0 amide bonds. The van der Waals surface area contributed by atoms with E-state index in [0.29, 0.717) is 48.4 Å². The molecule has 0 saturated carbocycles. The number of imidazole rings is 1. The van der Waals surface area contributed by atoms with E-state index in [1.807, 2.05) is 31.3 Å². The summed E-state index contributed by atoms with van der Waals surface area (Å²) in [5.74, 6) is 1.94. The highest BCUT2D eigenvalue weighted by atomic mass is 32.1. The van der Waals surface area contributed by atoms with Gasteiger partial charge in [0.25, 0.3) is 0 Å². The summed E-state index contributed by atoms with van der Waals surface area (Å²) in [5.41, 5.74) is 4.52. The molecule has 1 aliphatic heterocycles. The van der Waals surface area contributed by atoms with Crippen LogP contribution in [0.5, 0.6) is 11.5 Å². The second-order valence-corrected chi connectivity index (χ2v) is 12.9. The lowest BCUT2D eigenvalue weighted by Crippen LogP contribution is -2.46. The molecule has 2 aromatic carbocycles. The molecule has 1 saturated heterocycles. The maximum atomic E-state index is 9.67. The molecule has 43 heavy (non-hydrogen) atoms. The fraction of sp³-hybridized carbons (Fsp3) is 0.323. The fourth-order valence-corrected chi connectivity index (χ4v) is 6.90. The number of thiazole rings is 1. The van der Waals surface area contributed by atoms with Gasteiger partial charge in [-0.1, -0.05) is 35.6 Å². The van der Waals surface area contributed by atoms with E-state index in [1.165, 1.54) is 16.9 Å². The van der Waals surface area contributed by atoms with E-state index in [4.69, 9.17) is 23.6 Å². The molecule has 0 radical (unpaired) electrons. The minimum atomic E-state index is 0.0432. The predicted octanol–water partition coefficient (Wildman–Crippen LogP) is 5.73. The topological polar surface area (TPSA) is 107 Å². The number of morpholine rings is 1. The van der Waals surface area contributed by atoms with Crippen LogP contribution < -0.4 is 9.47 Å². The number of fused-ring (bicyclic) bond motifs is 2. The van der Waals surface area contributed by atoms with Crippen LogP contribution in [0.1, 0.15) is 21.1 Å². The van der Waals surface area contributed by atoms with Crippen LogP contribution in [0.3, 0.4) is 0 Å². The maximum Gasteiger partial charge on any atom is 0.212 e. The molecule has 0 spiro atoms. The first-order valence-electron chi connectivity index (χ1n) is 14.0. The molecular formula is C31H31N5O5S2. The van der Waals surface area contributed by atoms with Gasteiger partial charge in [-0.2, -0.15) is 5.10 Å². The highest BCUT2D eigenvalue weighted by Gasteiger charge is 2.22. The van der Waals surface area contributed by atoms with Crippen molar-refractivity contribution in [3.63, 3.8) is 0 Å². The van der Waals surface area contributed by atoms with Gasteiger partial charge in [-0.05, 0) is 25.5 Å². The maximum absolute atomic E-state index is 9.67. The van der Waals surface area contributed by atoms with Gasteiger partial charge in [0.05, 0.1) is 50.2 Å². The number of ether oxygens (including phenoxy) is 3. The highest BCUT2D eigenvalue weighted by molar-refractivity contribution is 7.16. The molecule has 7 rings (SSSR count). The zero-order valence-corrected chi connectivity index (χ0v) is 25.7. The molecule has 12 heteroatoms. The number of methoxy groups -OCH3 is 1. The van der Waals surface area contributed by atoms with Gasteiger partial charge < -0.3 is 23.7 Å². The number of nitrogens with zero attached hydrogens (tertiary/aromatic N) is 5. The Morgan fingerprint density at radius 3 is 2.74 bits per heavy atom. The third-order valence-electron chi connectivity index (χ3n) is 7.61. The standard InChI is InChI=1S/C31H31N5O5S2/c1-18-26(32-30(42-18)21-6-4-20(5-7-21)13-35-8-9-39-16-22(35)15-37)17-40-27-10-23(38-3)11-28-24(27)12-29(41-28)25-14-36-31(33-25)43-19(2)34-36/h4-7,10-12,14,22,37H,8-9,13,15-17H2,1-3H3/t22-/m0/s1. The van der Waals surface area contributed by atoms with Crippen LogP contribution in [0.2, 0.25) is 0 Å². The van der Waals surface area contributed by atoms with Crippen molar-refractivity contribution < 1.29 is 23.7 Å². The Morgan fingerprint density at radius 2 is 1.95 bits per heavy atom. The number of benzene rings is 2. The van der Waals surface area contributed by atoms with Crippen molar-refractivity contribution in [1.29, 1.82) is 0 Å². The Labute approximate surface area is 256 Å². The van der Waals surface area contributed by atoms with Crippen LogP contribution in [0.4, 0.5) is 0 Å². The Morgan fingerprint density at radius 1 is 1.09 bits per heavy atom. The smallest absolute Gasteiger partial charge is 0.212 e. The molecule has 0 bridgehead atoms. The normalized spacial score (nSPS) is 16.0. The highest BCUT2D eigenvalue weighted by Crippen LogP contribution is 2.38. The lowest BCUT2D eigenvalue weighted by molar-refractivity contribution is -0.0312. The lowest BCUT2D eigenvalue weighted by atomic mass is 10.1. The third kappa shape index (κ3) is 5.64. The number of hydrogen-bond donors (Lipinski definition) is 1. The lowest BCUT2D eigenvalue weighted by Gasteiger charge is -2.34. The van der Waals surface area contributed by atoms with Gasteiger partial charge in [0, 0.05) is 35.7 Å². The molecule has 0 unspecified atom stereocenters. The number of aliphatic hydroxyl groups excluding tert-OH is 1. The summed E-state index contributed by atoms with van der Waals surface area (Å²) in [6.07, 6.45) is 1.87. The summed E-state index contributed by atoms with van der Waals surface area (Å²) in [7, 11) is 1.63. The van der Waals surface area contributed by atoms with Crippen LogP contribution in [0.25, 0.3) is 38.0 Å². The summed E-state index contributed by atoms with van der Waals surface area (Å²) in [6, 6.07) is 14.2.